The average Bonchev–Trinajstić information content (AvgIpc) is 2.88. The van der Waals surface area contributed by atoms with Gasteiger partial charge in [-0.1, -0.05) is 5.21 Å². The molecule has 1 unspecified atom stereocenters. The van der Waals surface area contributed by atoms with E-state index in [1.54, 1.807) is 19.5 Å². The monoisotopic (exact) mass is 225 g/mol. The summed E-state index contributed by atoms with van der Waals surface area (Å²) in [5, 5.41) is 13.4. The van der Waals surface area contributed by atoms with Crippen molar-refractivity contribution in [1.29, 1.82) is 0 Å². The fourth-order valence-corrected chi connectivity index (χ4v) is 1.76. The van der Waals surface area contributed by atoms with E-state index in [4.69, 9.17) is 4.74 Å². The standard InChI is InChI=1S/C9H15N5O2/c1-16-8-5-10-4-7(8)12-9(15)6-14-3-2-11-13-14/h2-3,7-8,10H,4-6H2,1H3,(H,12,15)/t7?,8-/m0/s1. The molecule has 16 heavy (non-hydrogen) atoms. The maximum atomic E-state index is 11.6. The number of methoxy groups -OCH3 is 1. The summed E-state index contributed by atoms with van der Waals surface area (Å²) in [6, 6.07) is 0.0287. The Morgan fingerprint density at radius 3 is 3.25 bits per heavy atom. The second-order valence-electron chi connectivity index (χ2n) is 3.71. The predicted octanol–water partition coefficient (Wildman–Crippen LogP) is -1.62. The van der Waals surface area contributed by atoms with Crippen LogP contribution < -0.4 is 10.6 Å². The lowest BCUT2D eigenvalue weighted by atomic mass is 10.2. The highest BCUT2D eigenvalue weighted by molar-refractivity contribution is 5.76. The van der Waals surface area contributed by atoms with Gasteiger partial charge in [0.25, 0.3) is 0 Å². The Bertz CT molecular complexity index is 340. The lowest BCUT2D eigenvalue weighted by Gasteiger charge is -2.18. The average molecular weight is 225 g/mol. The third-order valence-electron chi connectivity index (χ3n) is 2.59. The summed E-state index contributed by atoms with van der Waals surface area (Å²) in [7, 11) is 1.65. The van der Waals surface area contributed by atoms with Crippen LogP contribution >= 0.6 is 0 Å². The van der Waals surface area contributed by atoms with Gasteiger partial charge in [0.1, 0.15) is 6.54 Å². The molecule has 0 saturated carbocycles. The van der Waals surface area contributed by atoms with Gasteiger partial charge in [-0.25, -0.2) is 4.68 Å². The number of nitrogens with zero attached hydrogens (tertiary/aromatic N) is 3. The molecular formula is C9H15N5O2. The van der Waals surface area contributed by atoms with Gasteiger partial charge in [-0.2, -0.15) is 0 Å². The molecule has 88 valence electrons. The molecule has 1 saturated heterocycles. The number of aromatic nitrogens is 3. The topological polar surface area (TPSA) is 81.1 Å². The molecule has 0 bridgehead atoms. The Labute approximate surface area is 93.2 Å². The van der Waals surface area contributed by atoms with Crippen molar-refractivity contribution in [1.82, 2.24) is 25.6 Å². The van der Waals surface area contributed by atoms with Crippen molar-refractivity contribution in [3.05, 3.63) is 12.4 Å². The normalized spacial score (nSPS) is 24.6. The minimum Gasteiger partial charge on any atom is -0.378 e. The third-order valence-corrected chi connectivity index (χ3v) is 2.59. The number of carbonyl (C=O) groups excluding carboxylic acids is 1. The zero-order valence-electron chi connectivity index (χ0n) is 9.09. The summed E-state index contributed by atoms with van der Waals surface area (Å²) in [6.07, 6.45) is 3.24. The van der Waals surface area contributed by atoms with Gasteiger partial charge in [-0.05, 0) is 0 Å². The van der Waals surface area contributed by atoms with Crippen molar-refractivity contribution in [3.63, 3.8) is 0 Å². The van der Waals surface area contributed by atoms with Crippen LogP contribution in [0.25, 0.3) is 0 Å². The molecule has 2 rings (SSSR count). The Hall–Kier alpha value is -1.47. The van der Waals surface area contributed by atoms with E-state index in [0.717, 1.165) is 13.1 Å². The van der Waals surface area contributed by atoms with Crippen molar-refractivity contribution in [2.75, 3.05) is 20.2 Å². The second kappa shape index (κ2) is 5.04. The van der Waals surface area contributed by atoms with E-state index in [0.29, 0.717) is 0 Å². The van der Waals surface area contributed by atoms with Crippen LogP contribution in [0.4, 0.5) is 0 Å². The molecule has 0 radical (unpaired) electrons. The first kappa shape index (κ1) is 11.0. The molecule has 7 nitrogen and oxygen atoms in total. The molecule has 1 aromatic rings. The van der Waals surface area contributed by atoms with E-state index in [2.05, 4.69) is 20.9 Å². The number of carbonyl (C=O) groups is 1. The molecule has 2 heterocycles. The molecule has 0 aliphatic carbocycles. The smallest absolute Gasteiger partial charge is 0.242 e. The maximum Gasteiger partial charge on any atom is 0.242 e. The number of hydrogen-bond donors (Lipinski definition) is 2. The summed E-state index contributed by atoms with van der Waals surface area (Å²) in [5.74, 6) is -0.0822. The van der Waals surface area contributed by atoms with E-state index in [9.17, 15) is 4.79 Å². The summed E-state index contributed by atoms with van der Waals surface area (Å²) in [5.41, 5.74) is 0. The minimum atomic E-state index is -0.0822. The van der Waals surface area contributed by atoms with Crippen LogP contribution in [0.15, 0.2) is 12.4 Å². The third kappa shape index (κ3) is 2.56. The van der Waals surface area contributed by atoms with E-state index in [1.807, 2.05) is 0 Å². The minimum absolute atomic E-state index is 0.0287. The highest BCUT2D eigenvalue weighted by Gasteiger charge is 2.27. The summed E-state index contributed by atoms with van der Waals surface area (Å²) in [6.45, 7) is 1.69. The molecule has 0 aromatic carbocycles. The first-order valence-electron chi connectivity index (χ1n) is 5.16. The molecule has 7 heteroatoms. The molecule has 1 aromatic heterocycles. The Kier molecular flexibility index (Phi) is 3.47. The molecule has 1 aliphatic rings. The fourth-order valence-electron chi connectivity index (χ4n) is 1.76. The van der Waals surface area contributed by atoms with Crippen molar-refractivity contribution in [2.24, 2.45) is 0 Å². The molecule has 0 spiro atoms. The first-order chi connectivity index (χ1) is 7.79. The van der Waals surface area contributed by atoms with Crippen LogP contribution in [0.5, 0.6) is 0 Å². The van der Waals surface area contributed by atoms with Crippen LogP contribution in [-0.2, 0) is 16.1 Å². The number of amides is 1. The van der Waals surface area contributed by atoms with Crippen LogP contribution in [0.3, 0.4) is 0 Å². The molecule has 1 fully saturated rings. The van der Waals surface area contributed by atoms with Gasteiger partial charge in [0, 0.05) is 26.4 Å². The number of ether oxygens (including phenoxy) is 1. The highest BCUT2D eigenvalue weighted by atomic mass is 16.5. The maximum absolute atomic E-state index is 11.6. The second-order valence-corrected chi connectivity index (χ2v) is 3.71. The predicted molar refractivity (Wildman–Crippen MR) is 55.6 cm³/mol. The van der Waals surface area contributed by atoms with E-state index < -0.39 is 0 Å². The van der Waals surface area contributed by atoms with E-state index in [1.165, 1.54) is 4.68 Å². The largest absolute Gasteiger partial charge is 0.378 e. The molecule has 1 aliphatic heterocycles. The van der Waals surface area contributed by atoms with Crippen molar-refractivity contribution in [2.45, 2.75) is 18.7 Å². The van der Waals surface area contributed by atoms with Gasteiger partial charge in [0.05, 0.1) is 18.3 Å². The Morgan fingerprint density at radius 1 is 1.69 bits per heavy atom. The molecule has 2 N–H and O–H groups in total. The van der Waals surface area contributed by atoms with E-state index in [-0.39, 0.29) is 24.6 Å². The Morgan fingerprint density at radius 2 is 2.56 bits per heavy atom. The first-order valence-corrected chi connectivity index (χ1v) is 5.16. The lowest BCUT2D eigenvalue weighted by Crippen LogP contribution is -2.44. The fraction of sp³-hybridized carbons (Fsp3) is 0.667. The highest BCUT2D eigenvalue weighted by Crippen LogP contribution is 2.03. The van der Waals surface area contributed by atoms with Crippen molar-refractivity contribution < 1.29 is 9.53 Å². The van der Waals surface area contributed by atoms with Crippen LogP contribution in [-0.4, -0.2) is 53.2 Å². The zero-order valence-corrected chi connectivity index (χ0v) is 9.09. The summed E-state index contributed by atoms with van der Waals surface area (Å²) >= 11 is 0. The summed E-state index contributed by atoms with van der Waals surface area (Å²) in [4.78, 5) is 11.6. The van der Waals surface area contributed by atoms with Crippen LogP contribution in [0.2, 0.25) is 0 Å². The molecular weight excluding hydrogens is 210 g/mol. The number of nitrogens with one attached hydrogen (secondary N) is 2. The molecule has 1 amide bonds. The van der Waals surface area contributed by atoms with Crippen LogP contribution in [0, 0.1) is 0 Å². The van der Waals surface area contributed by atoms with Gasteiger partial charge in [-0.3, -0.25) is 4.79 Å². The zero-order chi connectivity index (χ0) is 11.4. The van der Waals surface area contributed by atoms with Gasteiger partial charge in [0.15, 0.2) is 0 Å². The van der Waals surface area contributed by atoms with E-state index >= 15 is 0 Å². The van der Waals surface area contributed by atoms with Crippen LogP contribution in [0.1, 0.15) is 0 Å². The number of hydrogen-bond acceptors (Lipinski definition) is 5. The molecule has 2 atom stereocenters. The Balaban J connectivity index is 1.83. The summed E-state index contributed by atoms with van der Waals surface area (Å²) < 4.78 is 6.73. The van der Waals surface area contributed by atoms with Gasteiger partial charge in [0.2, 0.25) is 5.91 Å². The van der Waals surface area contributed by atoms with Gasteiger partial charge in [-0.15, -0.1) is 5.10 Å². The number of rotatable bonds is 4. The van der Waals surface area contributed by atoms with Gasteiger partial charge < -0.3 is 15.4 Å². The lowest BCUT2D eigenvalue weighted by molar-refractivity contribution is -0.123. The SMILES string of the molecule is CO[C@H]1CNCC1NC(=O)Cn1ccnn1. The van der Waals surface area contributed by atoms with Crippen molar-refractivity contribution >= 4 is 5.91 Å². The van der Waals surface area contributed by atoms with Gasteiger partial charge >= 0.3 is 0 Å². The quantitative estimate of drug-likeness (QED) is 0.644. The van der Waals surface area contributed by atoms with Crippen molar-refractivity contribution in [3.8, 4) is 0 Å².